The molecule has 4 heteroatoms. The molecular weight excluding hydrogens is 264 g/mol. The van der Waals surface area contributed by atoms with Crippen molar-refractivity contribution in [2.75, 3.05) is 7.05 Å². The molecule has 21 heavy (non-hydrogen) atoms. The van der Waals surface area contributed by atoms with Gasteiger partial charge in [0.1, 0.15) is 6.17 Å². The third kappa shape index (κ3) is 2.94. The molecule has 0 saturated carbocycles. The maximum absolute atomic E-state index is 12.9. The summed E-state index contributed by atoms with van der Waals surface area (Å²) in [5.41, 5.74) is 0.463. The van der Waals surface area contributed by atoms with Gasteiger partial charge in [0.05, 0.1) is 0 Å². The van der Waals surface area contributed by atoms with Crippen LogP contribution in [-0.2, 0) is 4.79 Å². The summed E-state index contributed by atoms with van der Waals surface area (Å²) in [4.78, 5) is 28.6. The molecule has 0 unspecified atom stereocenters. The van der Waals surface area contributed by atoms with Gasteiger partial charge in [-0.05, 0) is 19.1 Å². The second kappa shape index (κ2) is 5.51. The fourth-order valence-electron chi connectivity index (χ4n) is 3.10. The van der Waals surface area contributed by atoms with E-state index in [0.29, 0.717) is 12.0 Å². The largest absolute Gasteiger partial charge is 0.325 e. The number of hydrogen-bond donors (Lipinski definition) is 0. The molecule has 1 aliphatic heterocycles. The highest BCUT2D eigenvalue weighted by Crippen LogP contribution is 2.33. The van der Waals surface area contributed by atoms with Gasteiger partial charge in [-0.15, -0.1) is 0 Å². The maximum atomic E-state index is 12.9. The van der Waals surface area contributed by atoms with Gasteiger partial charge in [-0.1, -0.05) is 39.0 Å². The van der Waals surface area contributed by atoms with Crippen molar-refractivity contribution in [3.63, 3.8) is 0 Å². The van der Waals surface area contributed by atoms with E-state index in [2.05, 4.69) is 20.8 Å². The summed E-state index contributed by atoms with van der Waals surface area (Å²) in [7, 11) is 1.79. The minimum atomic E-state index is -0.235. The van der Waals surface area contributed by atoms with Crippen LogP contribution in [0.15, 0.2) is 30.3 Å². The molecule has 0 bridgehead atoms. The number of amides is 2. The normalized spacial score (nSPS) is 23.4. The van der Waals surface area contributed by atoms with E-state index < -0.39 is 0 Å². The van der Waals surface area contributed by atoms with Crippen LogP contribution in [0.3, 0.4) is 0 Å². The quantitative estimate of drug-likeness (QED) is 0.797. The molecule has 0 spiro atoms. The Kier molecular flexibility index (Phi) is 4.08. The molecular formula is C17H24N2O2. The van der Waals surface area contributed by atoms with Crippen LogP contribution in [0.4, 0.5) is 0 Å². The minimum absolute atomic E-state index is 0.0117. The monoisotopic (exact) mass is 288 g/mol. The van der Waals surface area contributed by atoms with E-state index in [9.17, 15) is 9.59 Å². The third-order valence-electron chi connectivity index (χ3n) is 4.00. The Morgan fingerprint density at radius 2 is 1.76 bits per heavy atom. The smallest absolute Gasteiger partial charge is 0.255 e. The number of hydrogen-bond acceptors (Lipinski definition) is 2. The maximum Gasteiger partial charge on any atom is 0.255 e. The summed E-state index contributed by atoms with van der Waals surface area (Å²) in [6, 6.07) is 9.18. The van der Waals surface area contributed by atoms with Gasteiger partial charge >= 0.3 is 0 Å². The first-order chi connectivity index (χ1) is 9.73. The lowest BCUT2D eigenvalue weighted by molar-refractivity contribution is -0.149. The summed E-state index contributed by atoms with van der Waals surface area (Å²) in [5.74, 6) is 0.0851. The average Bonchev–Trinajstić information content (AvgIpc) is 2.41. The topological polar surface area (TPSA) is 40.6 Å². The molecule has 1 saturated heterocycles. The van der Waals surface area contributed by atoms with Gasteiger partial charge in [-0.25, -0.2) is 0 Å². The van der Waals surface area contributed by atoms with Crippen LogP contribution in [0.2, 0.25) is 0 Å². The van der Waals surface area contributed by atoms with Crippen LogP contribution in [0.5, 0.6) is 0 Å². The predicted octanol–water partition coefficient (Wildman–Crippen LogP) is 2.75. The van der Waals surface area contributed by atoms with Crippen molar-refractivity contribution in [2.45, 2.75) is 46.3 Å². The molecule has 4 nitrogen and oxygen atoms in total. The van der Waals surface area contributed by atoms with Crippen molar-refractivity contribution in [3.05, 3.63) is 35.9 Å². The molecule has 1 fully saturated rings. The van der Waals surface area contributed by atoms with Crippen molar-refractivity contribution >= 4 is 11.8 Å². The lowest BCUT2D eigenvalue weighted by atomic mass is 9.86. The molecule has 1 aromatic carbocycles. The first-order valence-corrected chi connectivity index (χ1v) is 7.37. The molecule has 2 amide bonds. The molecule has 1 aliphatic rings. The summed E-state index contributed by atoms with van der Waals surface area (Å²) in [5, 5.41) is 0. The number of benzene rings is 1. The average molecular weight is 288 g/mol. The molecule has 1 aromatic rings. The third-order valence-corrected chi connectivity index (χ3v) is 4.00. The molecule has 2 atom stereocenters. The summed E-state index contributed by atoms with van der Waals surface area (Å²) >= 11 is 0. The predicted molar refractivity (Wildman–Crippen MR) is 82.7 cm³/mol. The molecule has 0 radical (unpaired) electrons. The van der Waals surface area contributed by atoms with Gasteiger partial charge in [0.25, 0.3) is 5.91 Å². The lowest BCUT2D eigenvalue weighted by Crippen LogP contribution is -2.64. The fourth-order valence-corrected chi connectivity index (χ4v) is 3.10. The Bertz CT molecular complexity index is 533. The van der Waals surface area contributed by atoms with E-state index in [4.69, 9.17) is 0 Å². The summed E-state index contributed by atoms with van der Waals surface area (Å²) in [6.45, 7) is 8.13. The Balaban J connectivity index is 2.42. The Hall–Kier alpha value is -1.84. The first-order valence-electron chi connectivity index (χ1n) is 7.37. The van der Waals surface area contributed by atoms with Crippen LogP contribution >= 0.6 is 0 Å². The summed E-state index contributed by atoms with van der Waals surface area (Å²) < 4.78 is 0. The van der Waals surface area contributed by atoms with Gasteiger partial charge in [0.15, 0.2) is 0 Å². The van der Waals surface area contributed by atoms with E-state index in [-0.39, 0.29) is 29.4 Å². The van der Waals surface area contributed by atoms with Gasteiger partial charge in [-0.3, -0.25) is 9.59 Å². The summed E-state index contributed by atoms with van der Waals surface area (Å²) in [6.07, 6.45) is 0.142. The van der Waals surface area contributed by atoms with Gasteiger partial charge in [-0.2, -0.15) is 0 Å². The van der Waals surface area contributed by atoms with Crippen LogP contribution in [0.25, 0.3) is 0 Å². The number of rotatable bonds is 1. The minimum Gasteiger partial charge on any atom is -0.325 e. The first kappa shape index (κ1) is 15.5. The van der Waals surface area contributed by atoms with Crippen molar-refractivity contribution in [2.24, 2.45) is 5.41 Å². The van der Waals surface area contributed by atoms with E-state index in [1.807, 2.05) is 42.2 Å². The SMILES string of the molecule is C[C@@H]1CC(=O)N(C)[C@@H](C(C)(C)C)N1C(=O)c1ccccc1. The zero-order valence-electron chi connectivity index (χ0n) is 13.5. The van der Waals surface area contributed by atoms with Crippen LogP contribution in [0.1, 0.15) is 44.5 Å². The molecule has 0 aliphatic carbocycles. The van der Waals surface area contributed by atoms with E-state index in [1.165, 1.54) is 0 Å². The van der Waals surface area contributed by atoms with Crippen molar-refractivity contribution < 1.29 is 9.59 Å². The fraction of sp³-hybridized carbons (Fsp3) is 0.529. The van der Waals surface area contributed by atoms with Crippen LogP contribution in [-0.4, -0.2) is 40.9 Å². The highest BCUT2D eigenvalue weighted by atomic mass is 16.2. The molecule has 1 heterocycles. The Labute approximate surface area is 126 Å². The van der Waals surface area contributed by atoms with Crippen molar-refractivity contribution in [3.8, 4) is 0 Å². The van der Waals surface area contributed by atoms with E-state index in [0.717, 1.165) is 0 Å². The molecule has 2 rings (SSSR count). The standard InChI is InChI=1S/C17H24N2O2/c1-12-11-14(20)18(5)16(17(2,3)4)19(12)15(21)13-9-7-6-8-10-13/h6-10,12,16H,11H2,1-5H3/t12-,16-/m1/s1. The Morgan fingerprint density at radius 1 is 1.19 bits per heavy atom. The second-order valence-electron chi connectivity index (χ2n) is 6.88. The zero-order valence-corrected chi connectivity index (χ0v) is 13.5. The van der Waals surface area contributed by atoms with E-state index in [1.54, 1.807) is 11.9 Å². The Morgan fingerprint density at radius 3 is 2.29 bits per heavy atom. The van der Waals surface area contributed by atoms with E-state index >= 15 is 0 Å². The molecule has 0 aromatic heterocycles. The number of carbonyl (C=O) groups excluding carboxylic acids is 2. The van der Waals surface area contributed by atoms with Crippen LogP contribution in [0, 0.1) is 5.41 Å². The zero-order chi connectivity index (χ0) is 15.8. The molecule has 0 N–H and O–H groups in total. The lowest BCUT2D eigenvalue weighted by Gasteiger charge is -2.51. The number of nitrogens with zero attached hydrogens (tertiary/aromatic N) is 2. The van der Waals surface area contributed by atoms with Crippen molar-refractivity contribution in [1.82, 2.24) is 9.80 Å². The highest BCUT2D eigenvalue weighted by molar-refractivity contribution is 5.95. The second-order valence-corrected chi connectivity index (χ2v) is 6.88. The molecule has 114 valence electrons. The van der Waals surface area contributed by atoms with Gasteiger partial charge in [0.2, 0.25) is 5.91 Å². The van der Waals surface area contributed by atoms with Gasteiger partial charge < -0.3 is 9.80 Å². The van der Waals surface area contributed by atoms with Crippen LogP contribution < -0.4 is 0 Å². The number of carbonyl (C=O) groups is 2. The highest BCUT2D eigenvalue weighted by Gasteiger charge is 2.44. The van der Waals surface area contributed by atoms with Crippen molar-refractivity contribution in [1.29, 1.82) is 0 Å². The van der Waals surface area contributed by atoms with Gasteiger partial charge in [0, 0.05) is 30.5 Å².